The van der Waals surface area contributed by atoms with Crippen molar-refractivity contribution in [3.05, 3.63) is 35.4 Å². The molecule has 2 N–H and O–H groups in total. The third-order valence-corrected chi connectivity index (χ3v) is 4.53. The smallest absolute Gasteiger partial charge is 0.0579 e. The minimum Gasteiger partial charge on any atom is -0.378 e. The fourth-order valence-electron chi connectivity index (χ4n) is 3.51. The van der Waals surface area contributed by atoms with Crippen molar-refractivity contribution in [1.82, 2.24) is 0 Å². The van der Waals surface area contributed by atoms with E-state index in [0.717, 1.165) is 13.0 Å². The highest BCUT2D eigenvalue weighted by Crippen LogP contribution is 2.35. The second kappa shape index (κ2) is 5.41. The molecule has 1 fully saturated rings. The molecule has 3 rings (SSSR count). The van der Waals surface area contributed by atoms with E-state index in [1.807, 2.05) is 0 Å². The molecule has 1 aliphatic heterocycles. The van der Waals surface area contributed by atoms with E-state index in [-0.39, 0.29) is 6.04 Å². The maximum atomic E-state index is 6.51. The second-order valence-corrected chi connectivity index (χ2v) is 5.75. The lowest BCUT2D eigenvalue weighted by Crippen LogP contribution is -2.25. The molecule has 2 aliphatic rings. The number of rotatable bonds is 2. The topological polar surface area (TPSA) is 35.2 Å². The summed E-state index contributed by atoms with van der Waals surface area (Å²) in [6, 6.07) is 8.91. The summed E-state index contributed by atoms with van der Waals surface area (Å²) < 4.78 is 5.78. The first kappa shape index (κ1) is 12.2. The highest BCUT2D eigenvalue weighted by Gasteiger charge is 2.28. The molecule has 3 unspecified atom stereocenters. The van der Waals surface area contributed by atoms with Crippen molar-refractivity contribution in [2.24, 2.45) is 11.7 Å². The van der Waals surface area contributed by atoms with Crippen LogP contribution in [0.4, 0.5) is 0 Å². The first-order valence-corrected chi connectivity index (χ1v) is 7.29. The van der Waals surface area contributed by atoms with Crippen LogP contribution in [-0.2, 0) is 11.2 Å². The Morgan fingerprint density at radius 1 is 1.17 bits per heavy atom. The SMILES string of the molecule is NC1c2ccccc2CCCC1CC1CCCO1. The average molecular weight is 245 g/mol. The Morgan fingerprint density at radius 3 is 2.89 bits per heavy atom. The zero-order valence-electron chi connectivity index (χ0n) is 11.0. The van der Waals surface area contributed by atoms with E-state index in [1.54, 1.807) is 0 Å². The first-order valence-electron chi connectivity index (χ1n) is 7.29. The van der Waals surface area contributed by atoms with Crippen LogP contribution in [0.2, 0.25) is 0 Å². The van der Waals surface area contributed by atoms with Gasteiger partial charge in [-0.15, -0.1) is 0 Å². The fraction of sp³-hybridized carbons (Fsp3) is 0.625. The second-order valence-electron chi connectivity index (χ2n) is 5.75. The van der Waals surface area contributed by atoms with Gasteiger partial charge in [0.2, 0.25) is 0 Å². The molecule has 1 aromatic carbocycles. The van der Waals surface area contributed by atoms with Gasteiger partial charge in [0.25, 0.3) is 0 Å². The van der Waals surface area contributed by atoms with Crippen molar-refractivity contribution in [2.75, 3.05) is 6.61 Å². The Hall–Kier alpha value is -0.860. The number of fused-ring (bicyclic) bond motifs is 1. The van der Waals surface area contributed by atoms with E-state index in [4.69, 9.17) is 10.5 Å². The summed E-state index contributed by atoms with van der Waals surface area (Å²) in [5.41, 5.74) is 9.34. The Balaban J connectivity index is 1.76. The van der Waals surface area contributed by atoms with Gasteiger partial charge in [0.15, 0.2) is 0 Å². The molecular weight excluding hydrogens is 222 g/mol. The standard InChI is InChI=1S/C16H23NO/c17-16-13(11-14-8-4-10-18-14)7-3-6-12-5-1-2-9-15(12)16/h1-2,5,9,13-14,16H,3-4,6-8,10-11,17H2. The summed E-state index contributed by atoms with van der Waals surface area (Å²) in [5, 5.41) is 0. The highest BCUT2D eigenvalue weighted by atomic mass is 16.5. The molecule has 1 heterocycles. The van der Waals surface area contributed by atoms with Gasteiger partial charge in [0.1, 0.15) is 0 Å². The van der Waals surface area contributed by atoms with Crippen LogP contribution >= 0.6 is 0 Å². The molecule has 1 aliphatic carbocycles. The molecule has 0 spiro atoms. The van der Waals surface area contributed by atoms with Crippen molar-refractivity contribution in [1.29, 1.82) is 0 Å². The summed E-state index contributed by atoms with van der Waals surface area (Å²) in [4.78, 5) is 0. The summed E-state index contributed by atoms with van der Waals surface area (Å²) in [5.74, 6) is 0.594. The van der Waals surface area contributed by atoms with Gasteiger partial charge in [-0.05, 0) is 55.6 Å². The monoisotopic (exact) mass is 245 g/mol. The molecule has 98 valence electrons. The number of aryl methyl sites for hydroxylation is 1. The van der Waals surface area contributed by atoms with E-state index >= 15 is 0 Å². The van der Waals surface area contributed by atoms with Crippen LogP contribution in [0.25, 0.3) is 0 Å². The van der Waals surface area contributed by atoms with Crippen LogP contribution in [0.15, 0.2) is 24.3 Å². The summed E-state index contributed by atoms with van der Waals surface area (Å²) in [7, 11) is 0. The highest BCUT2D eigenvalue weighted by molar-refractivity contribution is 5.31. The predicted octanol–water partition coefficient (Wildman–Crippen LogP) is 3.21. The van der Waals surface area contributed by atoms with E-state index in [9.17, 15) is 0 Å². The van der Waals surface area contributed by atoms with Gasteiger partial charge >= 0.3 is 0 Å². The lowest BCUT2D eigenvalue weighted by Gasteiger charge is -2.25. The molecule has 0 amide bonds. The van der Waals surface area contributed by atoms with Crippen LogP contribution in [0.3, 0.4) is 0 Å². The zero-order valence-corrected chi connectivity index (χ0v) is 11.0. The maximum absolute atomic E-state index is 6.51. The minimum absolute atomic E-state index is 0.202. The number of hydrogen-bond donors (Lipinski definition) is 1. The van der Waals surface area contributed by atoms with E-state index < -0.39 is 0 Å². The molecule has 2 heteroatoms. The number of ether oxygens (including phenoxy) is 1. The van der Waals surface area contributed by atoms with Crippen LogP contribution in [0, 0.1) is 5.92 Å². The quantitative estimate of drug-likeness (QED) is 0.812. The number of hydrogen-bond acceptors (Lipinski definition) is 2. The molecule has 0 aromatic heterocycles. The van der Waals surface area contributed by atoms with E-state index in [1.165, 1.54) is 43.2 Å². The Labute approximate surface area is 110 Å². The van der Waals surface area contributed by atoms with Crippen LogP contribution < -0.4 is 5.73 Å². The van der Waals surface area contributed by atoms with Crippen LogP contribution in [0.1, 0.15) is 49.3 Å². The van der Waals surface area contributed by atoms with Gasteiger partial charge in [-0.2, -0.15) is 0 Å². The van der Waals surface area contributed by atoms with Crippen molar-refractivity contribution in [3.63, 3.8) is 0 Å². The molecule has 0 bridgehead atoms. The third-order valence-electron chi connectivity index (χ3n) is 4.53. The summed E-state index contributed by atoms with van der Waals surface area (Å²) in [6.07, 6.45) is 7.76. The van der Waals surface area contributed by atoms with Crippen LogP contribution in [-0.4, -0.2) is 12.7 Å². The molecule has 0 radical (unpaired) electrons. The normalized spacial score (nSPS) is 31.9. The molecule has 1 aromatic rings. The van der Waals surface area contributed by atoms with Gasteiger partial charge in [-0.1, -0.05) is 24.3 Å². The largest absolute Gasteiger partial charge is 0.378 e. The fourth-order valence-corrected chi connectivity index (χ4v) is 3.51. The zero-order chi connectivity index (χ0) is 12.4. The molecule has 18 heavy (non-hydrogen) atoms. The minimum atomic E-state index is 0.202. The van der Waals surface area contributed by atoms with Gasteiger partial charge in [0, 0.05) is 12.6 Å². The predicted molar refractivity (Wildman–Crippen MR) is 73.4 cm³/mol. The Bertz CT molecular complexity index is 398. The summed E-state index contributed by atoms with van der Waals surface area (Å²) in [6.45, 7) is 0.948. The number of benzene rings is 1. The van der Waals surface area contributed by atoms with Crippen molar-refractivity contribution < 1.29 is 4.74 Å². The van der Waals surface area contributed by atoms with Gasteiger partial charge in [0.05, 0.1) is 6.10 Å². The van der Waals surface area contributed by atoms with Gasteiger partial charge in [-0.3, -0.25) is 0 Å². The number of nitrogens with two attached hydrogens (primary N) is 1. The molecule has 1 saturated heterocycles. The molecular formula is C16H23NO. The molecule has 2 nitrogen and oxygen atoms in total. The average Bonchev–Trinajstić information content (AvgIpc) is 2.85. The van der Waals surface area contributed by atoms with E-state index in [0.29, 0.717) is 12.0 Å². The Kier molecular flexibility index (Phi) is 3.67. The van der Waals surface area contributed by atoms with Crippen LogP contribution in [0.5, 0.6) is 0 Å². The first-order chi connectivity index (χ1) is 8.84. The third kappa shape index (κ3) is 2.45. The summed E-state index contributed by atoms with van der Waals surface area (Å²) >= 11 is 0. The lowest BCUT2D eigenvalue weighted by atomic mass is 9.86. The van der Waals surface area contributed by atoms with Gasteiger partial charge in [-0.25, -0.2) is 0 Å². The van der Waals surface area contributed by atoms with Crippen molar-refractivity contribution in [3.8, 4) is 0 Å². The lowest BCUT2D eigenvalue weighted by molar-refractivity contribution is 0.0838. The van der Waals surface area contributed by atoms with Crippen molar-refractivity contribution >= 4 is 0 Å². The van der Waals surface area contributed by atoms with E-state index in [2.05, 4.69) is 24.3 Å². The molecule has 0 saturated carbocycles. The maximum Gasteiger partial charge on any atom is 0.0579 e. The van der Waals surface area contributed by atoms with Crippen molar-refractivity contribution in [2.45, 2.75) is 50.7 Å². The Morgan fingerprint density at radius 2 is 2.06 bits per heavy atom. The molecule has 3 atom stereocenters. The van der Waals surface area contributed by atoms with Gasteiger partial charge < -0.3 is 10.5 Å².